The molecule has 0 radical (unpaired) electrons. The highest BCUT2D eigenvalue weighted by atomic mass is 32.2. The lowest BCUT2D eigenvalue weighted by Gasteiger charge is -2.25. The summed E-state index contributed by atoms with van der Waals surface area (Å²) >= 11 is 3.23. The van der Waals surface area contributed by atoms with Crippen LogP contribution in [0.1, 0.15) is 97.0 Å². The fourth-order valence-electron chi connectivity index (χ4n) is 7.00. The summed E-state index contributed by atoms with van der Waals surface area (Å²) in [4.78, 5) is 74.1. The first kappa shape index (κ1) is 55.0. The number of aromatic nitrogens is 2. The van der Waals surface area contributed by atoms with Crippen molar-refractivity contribution in [2.75, 3.05) is 14.2 Å². The Balaban J connectivity index is 0.000000267. The van der Waals surface area contributed by atoms with E-state index in [9.17, 15) is 29.1 Å². The van der Waals surface area contributed by atoms with Crippen LogP contribution in [0.3, 0.4) is 0 Å². The van der Waals surface area contributed by atoms with Crippen LogP contribution in [0.2, 0.25) is 0 Å². The predicted octanol–water partition coefficient (Wildman–Crippen LogP) is 11.8. The zero-order chi connectivity index (χ0) is 51.5. The van der Waals surface area contributed by atoms with Crippen molar-refractivity contribution in [2.24, 2.45) is 17.8 Å². The van der Waals surface area contributed by atoms with Gasteiger partial charge in [-0.15, -0.1) is 23.5 Å². The van der Waals surface area contributed by atoms with Crippen LogP contribution in [0.5, 0.6) is 23.0 Å². The maximum atomic E-state index is 13.2. The van der Waals surface area contributed by atoms with Gasteiger partial charge in [-0.25, -0.2) is 9.97 Å². The van der Waals surface area contributed by atoms with Crippen LogP contribution in [0.4, 0.5) is 0 Å². The van der Waals surface area contributed by atoms with E-state index in [4.69, 9.17) is 23.7 Å². The molecule has 0 aliphatic rings. The molecule has 4 aromatic carbocycles. The summed E-state index contributed by atoms with van der Waals surface area (Å²) in [5, 5.41) is 9.90. The summed E-state index contributed by atoms with van der Waals surface area (Å²) in [6.07, 6.45) is 1.56. The number of rotatable bonds is 22. The van der Waals surface area contributed by atoms with Gasteiger partial charge in [0, 0.05) is 47.2 Å². The van der Waals surface area contributed by atoms with Crippen molar-refractivity contribution in [1.82, 2.24) is 9.97 Å². The summed E-state index contributed by atoms with van der Waals surface area (Å²) in [7, 11) is 2.80. The summed E-state index contributed by atoms with van der Waals surface area (Å²) in [6, 6.07) is 42.5. The van der Waals surface area contributed by atoms with Gasteiger partial charge < -0.3 is 28.8 Å². The number of ketones is 2. The Morgan fingerprint density at radius 3 is 1.30 bits per heavy atom. The number of hydrogen-bond donors (Lipinski definition) is 1. The average molecular weight is 1000 g/mol. The van der Waals surface area contributed by atoms with Crippen LogP contribution in [-0.2, 0) is 23.9 Å². The number of carbonyl (C=O) groups excluding carboxylic acids is 5. The largest absolute Gasteiger partial charge is 0.503 e. The first-order valence-corrected chi connectivity index (χ1v) is 24.8. The molecule has 0 saturated carbocycles. The third-order valence-electron chi connectivity index (χ3n) is 10.9. The van der Waals surface area contributed by atoms with Crippen molar-refractivity contribution < 1.29 is 52.8 Å². The molecule has 71 heavy (non-hydrogen) atoms. The fraction of sp³-hybridized carbons (Fsp3) is 0.304. The Morgan fingerprint density at radius 2 is 0.887 bits per heavy atom. The van der Waals surface area contributed by atoms with Gasteiger partial charge in [0.15, 0.2) is 40.2 Å². The fourth-order valence-corrected chi connectivity index (χ4v) is 9.29. The zero-order valence-corrected chi connectivity index (χ0v) is 42.7. The minimum atomic E-state index is -0.746. The van der Waals surface area contributed by atoms with Crippen LogP contribution < -0.4 is 14.2 Å². The molecule has 6 rings (SSSR count). The third-order valence-corrected chi connectivity index (χ3v) is 13.8. The molecule has 13 nitrogen and oxygen atoms in total. The number of thioether (sulfide) groups is 2. The van der Waals surface area contributed by atoms with Gasteiger partial charge in [-0.1, -0.05) is 125 Å². The predicted molar refractivity (Wildman–Crippen MR) is 274 cm³/mol. The lowest BCUT2D eigenvalue weighted by Crippen LogP contribution is -2.26. The highest BCUT2D eigenvalue weighted by molar-refractivity contribution is 7.99. The first-order chi connectivity index (χ1) is 34.1. The van der Waals surface area contributed by atoms with Gasteiger partial charge in [0.1, 0.15) is 12.2 Å². The van der Waals surface area contributed by atoms with Crippen molar-refractivity contribution in [3.8, 4) is 23.0 Å². The maximum Gasteiger partial charge on any atom is 0.313 e. The molecular weight excluding hydrogens is 941 g/mol. The topological polar surface area (TPSA) is 178 Å². The lowest BCUT2D eigenvalue weighted by molar-refractivity contribution is -0.153. The standard InChI is InChI=1S/C30H33NO6S.C26H27NO5S/c1-19(2)29(33)37-27-25(35-5)16-17-31-26(27)24(32)18-20(3)30(34)36-21(4)28(22-12-8-6-9-13-22)38-23-14-10-7-11-15-23;1-17(16-21(28)23-24(29)22(31-3)14-15-27-23)26(30)32-18(2)25(19-10-6-4-7-11-19)33-20-12-8-5-9-13-20/h6-17,19-21,28H,18H2,1-5H3;4-15,17-18,25,29H,16H2,1-3H3/t20-,21+,28+;17-,18+,25+/m11/s1. The van der Waals surface area contributed by atoms with Crippen molar-refractivity contribution in [3.05, 3.63) is 168 Å². The quantitative estimate of drug-likeness (QED) is 0.0386. The SMILES string of the molecule is COc1ccnc(C(=O)C[C@@H](C)C(=O)O[C@@H](C)[C@H](Sc2ccccc2)c2ccccc2)c1O.COc1ccnc(C(=O)C[C@@H](C)C(=O)O[C@@H](C)[C@H](Sc2ccccc2)c2ccccc2)c1OC(=O)C(C)C. The van der Waals surface area contributed by atoms with Crippen LogP contribution in [0, 0.1) is 17.8 Å². The van der Waals surface area contributed by atoms with E-state index < -0.39 is 59.4 Å². The minimum absolute atomic E-state index is 0.0453. The molecule has 0 aliphatic heterocycles. The number of hydrogen-bond acceptors (Lipinski definition) is 15. The Labute approximate surface area is 424 Å². The molecule has 0 saturated heterocycles. The van der Waals surface area contributed by atoms with Crippen molar-refractivity contribution >= 4 is 53.0 Å². The second kappa shape index (κ2) is 27.4. The van der Waals surface area contributed by atoms with E-state index in [0.717, 1.165) is 20.9 Å². The minimum Gasteiger partial charge on any atom is -0.503 e. The molecule has 0 unspecified atom stereocenters. The highest BCUT2D eigenvalue weighted by Crippen LogP contribution is 2.41. The van der Waals surface area contributed by atoms with E-state index >= 15 is 0 Å². The van der Waals surface area contributed by atoms with Gasteiger partial charge in [0.05, 0.1) is 42.5 Å². The summed E-state index contributed by atoms with van der Waals surface area (Å²) in [5.74, 6) is -4.28. The number of esters is 3. The average Bonchev–Trinajstić information content (AvgIpc) is 3.38. The summed E-state index contributed by atoms with van der Waals surface area (Å²) < 4.78 is 27.4. The van der Waals surface area contributed by atoms with E-state index in [1.807, 2.05) is 135 Å². The van der Waals surface area contributed by atoms with Crippen LogP contribution in [0.15, 0.2) is 156 Å². The molecule has 1 N–H and O–H groups in total. The normalized spacial score (nSPS) is 13.4. The third kappa shape index (κ3) is 16.0. The van der Waals surface area contributed by atoms with Gasteiger partial charge in [-0.3, -0.25) is 24.0 Å². The first-order valence-electron chi connectivity index (χ1n) is 23.1. The molecule has 2 heterocycles. The number of benzene rings is 4. The Hall–Kier alpha value is -6.97. The zero-order valence-electron chi connectivity index (χ0n) is 41.1. The molecule has 6 aromatic rings. The van der Waals surface area contributed by atoms with Gasteiger partial charge in [0.2, 0.25) is 5.75 Å². The van der Waals surface area contributed by atoms with Crippen molar-refractivity contribution in [2.45, 2.75) is 86.9 Å². The van der Waals surface area contributed by atoms with E-state index in [2.05, 4.69) is 9.97 Å². The molecule has 0 aliphatic carbocycles. The second-order valence-corrected chi connectivity index (χ2v) is 19.3. The molecular formula is C56H60N2O11S2. The number of Topliss-reactive ketones (excluding diaryl/α,β-unsaturated/α-hetero) is 2. The molecule has 0 bridgehead atoms. The lowest BCUT2D eigenvalue weighted by atomic mass is 10.0. The Bertz CT molecular complexity index is 2670. The van der Waals surface area contributed by atoms with Gasteiger partial charge >= 0.3 is 17.9 Å². The Morgan fingerprint density at radius 1 is 0.507 bits per heavy atom. The monoisotopic (exact) mass is 1000 g/mol. The second-order valence-electron chi connectivity index (χ2n) is 16.8. The maximum absolute atomic E-state index is 13.2. The van der Waals surface area contributed by atoms with E-state index in [0.29, 0.717) is 0 Å². The van der Waals surface area contributed by atoms with Gasteiger partial charge in [-0.2, -0.15) is 0 Å². The summed E-state index contributed by atoms with van der Waals surface area (Å²) in [6.45, 7) is 10.3. The molecule has 0 fully saturated rings. The van der Waals surface area contributed by atoms with E-state index in [1.165, 1.54) is 38.7 Å². The van der Waals surface area contributed by atoms with E-state index in [1.54, 1.807) is 51.2 Å². The van der Waals surface area contributed by atoms with Gasteiger partial charge in [0.25, 0.3) is 0 Å². The smallest absolute Gasteiger partial charge is 0.313 e. The van der Waals surface area contributed by atoms with Crippen LogP contribution in [0.25, 0.3) is 0 Å². The van der Waals surface area contributed by atoms with Crippen molar-refractivity contribution in [3.63, 3.8) is 0 Å². The molecule has 2 aromatic heterocycles. The number of ether oxygens (including phenoxy) is 5. The number of pyridine rings is 2. The Kier molecular flexibility index (Phi) is 21.2. The van der Waals surface area contributed by atoms with Crippen LogP contribution >= 0.6 is 23.5 Å². The molecule has 0 amide bonds. The number of aromatic hydroxyl groups is 1. The van der Waals surface area contributed by atoms with Gasteiger partial charge in [-0.05, 0) is 49.2 Å². The van der Waals surface area contributed by atoms with Crippen LogP contribution in [-0.4, -0.2) is 71.0 Å². The number of nitrogens with zero attached hydrogens (tertiary/aromatic N) is 2. The molecule has 372 valence electrons. The summed E-state index contributed by atoms with van der Waals surface area (Å²) in [5.41, 5.74) is 1.89. The van der Waals surface area contributed by atoms with Crippen molar-refractivity contribution in [1.29, 1.82) is 0 Å². The highest BCUT2D eigenvalue weighted by Gasteiger charge is 2.31. The molecule has 0 spiro atoms. The number of methoxy groups -OCH3 is 2. The molecule has 6 atom stereocenters. The number of carbonyl (C=O) groups is 5. The van der Waals surface area contributed by atoms with E-state index in [-0.39, 0.29) is 57.7 Å². The molecule has 15 heteroatoms.